The van der Waals surface area contributed by atoms with E-state index in [0.717, 1.165) is 25.1 Å². The van der Waals surface area contributed by atoms with Gasteiger partial charge in [-0.15, -0.1) is 0 Å². The van der Waals surface area contributed by atoms with Crippen LogP contribution in [0.2, 0.25) is 0 Å². The summed E-state index contributed by atoms with van der Waals surface area (Å²) >= 11 is 3.46. The summed E-state index contributed by atoms with van der Waals surface area (Å²) in [6.45, 7) is 0.759. The number of hydrogen-bond donors (Lipinski definition) is 2. The standard InChI is InChI=1S/C15H21BrN4O/c16-14-13(7-17-20(15(14)21)8-9-1-2-9)19-12-5-10-3-4-11(6-12)18-10/h7,9-12,18-19H,1-6,8H2. The van der Waals surface area contributed by atoms with Crippen LogP contribution >= 0.6 is 15.9 Å². The molecular weight excluding hydrogens is 332 g/mol. The van der Waals surface area contributed by atoms with Crippen LogP contribution in [0.15, 0.2) is 15.5 Å². The molecular formula is C15H21BrN4O. The van der Waals surface area contributed by atoms with Gasteiger partial charge in [-0.2, -0.15) is 5.10 Å². The summed E-state index contributed by atoms with van der Waals surface area (Å²) in [7, 11) is 0. The lowest BCUT2D eigenvalue weighted by Gasteiger charge is -2.30. The maximum absolute atomic E-state index is 12.3. The first-order valence-electron chi connectivity index (χ1n) is 7.97. The van der Waals surface area contributed by atoms with Gasteiger partial charge in [-0.25, -0.2) is 4.68 Å². The van der Waals surface area contributed by atoms with Crippen molar-refractivity contribution in [3.63, 3.8) is 0 Å². The SMILES string of the molecule is O=c1c(Br)c(NC2CC3CCC(C2)N3)cnn1CC1CC1. The Kier molecular flexibility index (Phi) is 3.53. The number of aromatic nitrogens is 2. The first-order chi connectivity index (χ1) is 10.2. The molecule has 2 saturated heterocycles. The molecule has 3 heterocycles. The van der Waals surface area contributed by atoms with Crippen molar-refractivity contribution in [1.29, 1.82) is 0 Å². The fourth-order valence-electron chi connectivity index (χ4n) is 3.64. The summed E-state index contributed by atoms with van der Waals surface area (Å²) in [6.07, 6.45) is 9.09. The van der Waals surface area contributed by atoms with E-state index in [0.29, 0.717) is 28.5 Å². The summed E-state index contributed by atoms with van der Waals surface area (Å²) < 4.78 is 2.23. The average Bonchev–Trinajstić information content (AvgIpc) is 3.23. The second kappa shape index (κ2) is 5.39. The average molecular weight is 353 g/mol. The third-order valence-electron chi connectivity index (χ3n) is 4.95. The first kappa shape index (κ1) is 13.8. The van der Waals surface area contributed by atoms with Gasteiger partial charge < -0.3 is 10.6 Å². The fourth-order valence-corrected chi connectivity index (χ4v) is 4.06. The van der Waals surface area contributed by atoms with Crippen LogP contribution < -0.4 is 16.2 Å². The van der Waals surface area contributed by atoms with E-state index in [1.54, 1.807) is 10.9 Å². The third kappa shape index (κ3) is 2.88. The van der Waals surface area contributed by atoms with Crippen LogP contribution in [0.3, 0.4) is 0 Å². The highest BCUT2D eigenvalue weighted by molar-refractivity contribution is 9.10. The number of anilines is 1. The predicted molar refractivity (Wildman–Crippen MR) is 85.5 cm³/mol. The van der Waals surface area contributed by atoms with Crippen molar-refractivity contribution in [2.75, 3.05) is 5.32 Å². The molecule has 6 heteroatoms. The molecule has 21 heavy (non-hydrogen) atoms. The highest BCUT2D eigenvalue weighted by atomic mass is 79.9. The van der Waals surface area contributed by atoms with Gasteiger partial charge in [0.15, 0.2) is 0 Å². The molecule has 2 unspecified atom stereocenters. The van der Waals surface area contributed by atoms with Gasteiger partial charge in [0.1, 0.15) is 4.47 Å². The molecule has 2 bridgehead atoms. The molecule has 0 amide bonds. The van der Waals surface area contributed by atoms with Crippen molar-refractivity contribution in [1.82, 2.24) is 15.1 Å². The van der Waals surface area contributed by atoms with Gasteiger partial charge in [0.05, 0.1) is 11.9 Å². The van der Waals surface area contributed by atoms with Crippen LogP contribution in [0.5, 0.6) is 0 Å². The Balaban J connectivity index is 1.49. The molecule has 3 fully saturated rings. The van der Waals surface area contributed by atoms with Gasteiger partial charge in [0.25, 0.3) is 5.56 Å². The Labute approximate surface area is 132 Å². The molecule has 4 rings (SSSR count). The van der Waals surface area contributed by atoms with E-state index in [1.807, 2.05) is 0 Å². The van der Waals surface area contributed by atoms with Crippen molar-refractivity contribution in [2.24, 2.45) is 5.92 Å². The van der Waals surface area contributed by atoms with Crippen LogP contribution in [0.25, 0.3) is 0 Å². The third-order valence-corrected chi connectivity index (χ3v) is 5.71. The van der Waals surface area contributed by atoms with Gasteiger partial charge >= 0.3 is 0 Å². The highest BCUT2D eigenvalue weighted by Crippen LogP contribution is 2.31. The Morgan fingerprint density at radius 3 is 2.67 bits per heavy atom. The number of nitrogens with zero attached hydrogens (tertiary/aromatic N) is 2. The van der Waals surface area contributed by atoms with E-state index in [-0.39, 0.29) is 5.56 Å². The summed E-state index contributed by atoms with van der Waals surface area (Å²) in [5.41, 5.74) is 0.835. The van der Waals surface area contributed by atoms with Crippen molar-refractivity contribution in [2.45, 2.75) is 63.2 Å². The van der Waals surface area contributed by atoms with E-state index in [4.69, 9.17) is 0 Å². The van der Waals surface area contributed by atoms with Gasteiger partial charge in [-0.05, 0) is 60.4 Å². The number of rotatable bonds is 4. The van der Waals surface area contributed by atoms with Crippen LogP contribution in [-0.2, 0) is 6.54 Å². The Morgan fingerprint density at radius 1 is 1.29 bits per heavy atom. The van der Waals surface area contributed by atoms with Gasteiger partial charge in [-0.3, -0.25) is 4.79 Å². The summed E-state index contributed by atoms with van der Waals surface area (Å²) in [4.78, 5) is 12.3. The van der Waals surface area contributed by atoms with Crippen LogP contribution in [0.4, 0.5) is 5.69 Å². The molecule has 3 aliphatic rings. The molecule has 5 nitrogen and oxygen atoms in total. The summed E-state index contributed by atoms with van der Waals surface area (Å²) in [5.74, 6) is 0.654. The Bertz CT molecular complexity index is 586. The lowest BCUT2D eigenvalue weighted by atomic mass is 10.00. The van der Waals surface area contributed by atoms with E-state index in [9.17, 15) is 4.79 Å². The molecule has 114 valence electrons. The Hall–Kier alpha value is -0.880. The zero-order valence-electron chi connectivity index (χ0n) is 12.0. The van der Waals surface area contributed by atoms with Gasteiger partial charge in [0.2, 0.25) is 0 Å². The number of fused-ring (bicyclic) bond motifs is 2. The van der Waals surface area contributed by atoms with Crippen molar-refractivity contribution < 1.29 is 0 Å². The van der Waals surface area contributed by atoms with E-state index in [2.05, 4.69) is 31.7 Å². The van der Waals surface area contributed by atoms with Crippen LogP contribution in [-0.4, -0.2) is 27.9 Å². The number of hydrogen-bond acceptors (Lipinski definition) is 4. The minimum absolute atomic E-state index is 0.0104. The summed E-state index contributed by atoms with van der Waals surface area (Å²) in [6, 6.07) is 1.73. The number of halogens is 1. The summed E-state index contributed by atoms with van der Waals surface area (Å²) in [5, 5.41) is 11.5. The van der Waals surface area contributed by atoms with E-state index >= 15 is 0 Å². The predicted octanol–water partition coefficient (Wildman–Crippen LogP) is 2.11. The quantitative estimate of drug-likeness (QED) is 0.871. The fraction of sp³-hybridized carbons (Fsp3) is 0.733. The molecule has 1 saturated carbocycles. The zero-order chi connectivity index (χ0) is 14.4. The topological polar surface area (TPSA) is 59.0 Å². The smallest absolute Gasteiger partial charge is 0.283 e. The molecule has 0 radical (unpaired) electrons. The van der Waals surface area contributed by atoms with Gasteiger partial charge in [-0.1, -0.05) is 0 Å². The normalized spacial score (nSPS) is 31.4. The lowest BCUT2D eigenvalue weighted by molar-refractivity contribution is 0.378. The largest absolute Gasteiger partial charge is 0.380 e. The molecule has 0 spiro atoms. The van der Waals surface area contributed by atoms with E-state index in [1.165, 1.54) is 25.7 Å². The van der Waals surface area contributed by atoms with Gasteiger partial charge in [0, 0.05) is 24.7 Å². The maximum atomic E-state index is 12.3. The molecule has 2 atom stereocenters. The monoisotopic (exact) mass is 352 g/mol. The molecule has 1 aromatic heterocycles. The minimum atomic E-state index is -0.0104. The van der Waals surface area contributed by atoms with E-state index < -0.39 is 0 Å². The lowest BCUT2D eigenvalue weighted by Crippen LogP contribution is -2.43. The minimum Gasteiger partial charge on any atom is -0.380 e. The van der Waals surface area contributed by atoms with Crippen molar-refractivity contribution in [3.05, 3.63) is 21.0 Å². The number of nitrogens with one attached hydrogen (secondary N) is 2. The molecule has 2 N–H and O–H groups in total. The van der Waals surface area contributed by atoms with Crippen LogP contribution in [0, 0.1) is 5.92 Å². The number of piperidine rings is 1. The molecule has 0 aromatic carbocycles. The highest BCUT2D eigenvalue weighted by Gasteiger charge is 2.33. The molecule has 1 aromatic rings. The first-order valence-corrected chi connectivity index (χ1v) is 8.76. The zero-order valence-corrected chi connectivity index (χ0v) is 13.6. The molecule has 1 aliphatic carbocycles. The Morgan fingerprint density at radius 2 is 2.00 bits per heavy atom. The van der Waals surface area contributed by atoms with Crippen molar-refractivity contribution >= 4 is 21.6 Å². The molecule has 2 aliphatic heterocycles. The second-order valence-electron chi connectivity index (χ2n) is 6.75. The maximum Gasteiger partial charge on any atom is 0.283 e. The van der Waals surface area contributed by atoms with Crippen molar-refractivity contribution in [3.8, 4) is 0 Å². The second-order valence-corrected chi connectivity index (χ2v) is 7.55. The van der Waals surface area contributed by atoms with Crippen LogP contribution in [0.1, 0.15) is 38.5 Å².